The molecule has 2 N–H and O–H groups in total. The molecular weight excluding hydrogens is 271 g/mol. The van der Waals surface area contributed by atoms with E-state index in [1.54, 1.807) is 6.07 Å². The Bertz CT molecular complexity index is 380. The Labute approximate surface area is 127 Å². The molecule has 1 aromatic carbocycles. The molecule has 0 radical (unpaired) electrons. The standard InChI is InChI=1S/C16H27FN2O2/c1-3-20-10-8-19(9-11-21-4-2)13-16(18)14-6-5-7-15(17)12-14/h5-7,12,16H,3-4,8-11,13,18H2,1-2H3. The monoisotopic (exact) mass is 298 g/mol. The van der Waals surface area contributed by atoms with Crippen molar-refractivity contribution >= 4 is 0 Å². The first-order valence-corrected chi connectivity index (χ1v) is 7.56. The van der Waals surface area contributed by atoms with Crippen molar-refractivity contribution < 1.29 is 13.9 Å². The lowest BCUT2D eigenvalue weighted by molar-refractivity contribution is 0.0802. The zero-order valence-electron chi connectivity index (χ0n) is 13.1. The van der Waals surface area contributed by atoms with Crippen molar-refractivity contribution in [3.8, 4) is 0 Å². The summed E-state index contributed by atoms with van der Waals surface area (Å²) in [5, 5.41) is 0. The third kappa shape index (κ3) is 7.52. The van der Waals surface area contributed by atoms with E-state index in [-0.39, 0.29) is 11.9 Å². The molecule has 0 saturated carbocycles. The highest BCUT2D eigenvalue weighted by atomic mass is 19.1. The lowest BCUT2D eigenvalue weighted by atomic mass is 10.1. The summed E-state index contributed by atoms with van der Waals surface area (Å²) >= 11 is 0. The molecule has 1 rings (SSSR count). The van der Waals surface area contributed by atoms with Gasteiger partial charge in [0.1, 0.15) is 5.82 Å². The molecule has 0 spiro atoms. The molecule has 0 heterocycles. The van der Waals surface area contributed by atoms with Gasteiger partial charge in [-0.05, 0) is 31.5 Å². The molecule has 4 nitrogen and oxygen atoms in total. The molecule has 0 bridgehead atoms. The van der Waals surface area contributed by atoms with Crippen molar-refractivity contribution in [1.82, 2.24) is 4.90 Å². The molecule has 21 heavy (non-hydrogen) atoms. The molecule has 0 aliphatic rings. The second-order valence-electron chi connectivity index (χ2n) is 4.86. The largest absolute Gasteiger partial charge is 0.380 e. The number of ether oxygens (including phenoxy) is 2. The zero-order chi connectivity index (χ0) is 15.5. The number of halogens is 1. The molecule has 1 unspecified atom stereocenters. The van der Waals surface area contributed by atoms with Crippen molar-refractivity contribution in [2.75, 3.05) is 46.1 Å². The Balaban J connectivity index is 2.52. The van der Waals surface area contributed by atoms with Crippen LogP contribution in [0.3, 0.4) is 0 Å². The van der Waals surface area contributed by atoms with Crippen LogP contribution >= 0.6 is 0 Å². The predicted molar refractivity (Wildman–Crippen MR) is 82.8 cm³/mol. The van der Waals surface area contributed by atoms with E-state index < -0.39 is 0 Å². The summed E-state index contributed by atoms with van der Waals surface area (Å²) in [6.45, 7) is 8.94. The van der Waals surface area contributed by atoms with Crippen LogP contribution < -0.4 is 5.73 Å². The van der Waals surface area contributed by atoms with E-state index in [1.807, 2.05) is 19.9 Å². The van der Waals surface area contributed by atoms with E-state index in [2.05, 4.69) is 4.90 Å². The van der Waals surface area contributed by atoms with Crippen molar-refractivity contribution in [3.05, 3.63) is 35.6 Å². The van der Waals surface area contributed by atoms with Gasteiger partial charge in [0.05, 0.1) is 13.2 Å². The van der Waals surface area contributed by atoms with Crippen molar-refractivity contribution in [2.24, 2.45) is 5.73 Å². The number of nitrogens with two attached hydrogens (primary N) is 1. The Morgan fingerprint density at radius 2 is 1.76 bits per heavy atom. The fourth-order valence-electron chi connectivity index (χ4n) is 2.09. The third-order valence-electron chi connectivity index (χ3n) is 3.24. The van der Waals surface area contributed by atoms with E-state index in [4.69, 9.17) is 15.2 Å². The molecule has 120 valence electrons. The number of hydrogen-bond acceptors (Lipinski definition) is 4. The fraction of sp³-hybridized carbons (Fsp3) is 0.625. The van der Waals surface area contributed by atoms with Crippen LogP contribution in [0, 0.1) is 5.82 Å². The van der Waals surface area contributed by atoms with Crippen LogP contribution in [0.15, 0.2) is 24.3 Å². The quantitative estimate of drug-likeness (QED) is 0.636. The smallest absolute Gasteiger partial charge is 0.123 e. The fourth-order valence-corrected chi connectivity index (χ4v) is 2.09. The van der Waals surface area contributed by atoms with Crippen LogP contribution in [0.1, 0.15) is 25.5 Å². The van der Waals surface area contributed by atoms with Crippen LogP contribution in [0.4, 0.5) is 4.39 Å². The second kappa shape index (κ2) is 10.7. The summed E-state index contributed by atoms with van der Waals surface area (Å²) in [5.41, 5.74) is 7.00. The van der Waals surface area contributed by atoms with E-state index in [9.17, 15) is 4.39 Å². The summed E-state index contributed by atoms with van der Waals surface area (Å²) in [6.07, 6.45) is 0. The van der Waals surface area contributed by atoms with Crippen LogP contribution in [-0.4, -0.2) is 51.0 Å². The summed E-state index contributed by atoms with van der Waals surface area (Å²) in [6, 6.07) is 6.25. The maximum atomic E-state index is 13.3. The Morgan fingerprint density at radius 1 is 1.14 bits per heavy atom. The molecule has 1 atom stereocenters. The minimum absolute atomic E-state index is 0.219. The average Bonchev–Trinajstić information content (AvgIpc) is 2.47. The van der Waals surface area contributed by atoms with Gasteiger partial charge in [-0.1, -0.05) is 12.1 Å². The van der Waals surface area contributed by atoms with Gasteiger partial charge in [0, 0.05) is 38.9 Å². The second-order valence-corrected chi connectivity index (χ2v) is 4.86. The van der Waals surface area contributed by atoms with E-state index in [1.165, 1.54) is 12.1 Å². The normalized spacial score (nSPS) is 12.8. The minimum atomic E-state index is -0.252. The summed E-state index contributed by atoms with van der Waals surface area (Å²) in [4.78, 5) is 2.20. The maximum absolute atomic E-state index is 13.3. The Hall–Kier alpha value is -1.01. The van der Waals surface area contributed by atoms with Gasteiger partial charge in [0.15, 0.2) is 0 Å². The van der Waals surface area contributed by atoms with Gasteiger partial charge in [-0.3, -0.25) is 4.90 Å². The zero-order valence-corrected chi connectivity index (χ0v) is 13.1. The summed E-state index contributed by atoms with van der Waals surface area (Å²) in [5.74, 6) is -0.252. The highest BCUT2D eigenvalue weighted by Gasteiger charge is 2.13. The van der Waals surface area contributed by atoms with E-state index in [0.29, 0.717) is 33.0 Å². The van der Waals surface area contributed by atoms with Crippen LogP contribution in [0.5, 0.6) is 0 Å². The SMILES string of the molecule is CCOCCN(CCOCC)CC(N)c1cccc(F)c1. The Kier molecular flexibility index (Phi) is 9.17. The molecule has 0 aliphatic carbocycles. The molecule has 5 heteroatoms. The molecule has 0 saturated heterocycles. The van der Waals surface area contributed by atoms with Crippen molar-refractivity contribution in [1.29, 1.82) is 0 Å². The average molecular weight is 298 g/mol. The lowest BCUT2D eigenvalue weighted by Crippen LogP contribution is -2.37. The first-order valence-electron chi connectivity index (χ1n) is 7.56. The van der Waals surface area contributed by atoms with Gasteiger partial charge in [0.2, 0.25) is 0 Å². The molecule has 0 fully saturated rings. The number of rotatable bonds is 11. The first-order chi connectivity index (χ1) is 10.2. The van der Waals surface area contributed by atoms with Gasteiger partial charge < -0.3 is 15.2 Å². The summed E-state index contributed by atoms with van der Waals surface area (Å²) in [7, 11) is 0. The Morgan fingerprint density at radius 3 is 2.29 bits per heavy atom. The van der Waals surface area contributed by atoms with Gasteiger partial charge in [-0.2, -0.15) is 0 Å². The first kappa shape index (κ1) is 18.0. The van der Waals surface area contributed by atoms with Gasteiger partial charge in [-0.25, -0.2) is 4.39 Å². The molecule has 0 amide bonds. The van der Waals surface area contributed by atoms with Gasteiger partial charge in [-0.15, -0.1) is 0 Å². The van der Waals surface area contributed by atoms with E-state index >= 15 is 0 Å². The van der Waals surface area contributed by atoms with Crippen molar-refractivity contribution in [3.63, 3.8) is 0 Å². The molecule has 0 aromatic heterocycles. The summed E-state index contributed by atoms with van der Waals surface area (Å²) < 4.78 is 24.0. The highest BCUT2D eigenvalue weighted by Crippen LogP contribution is 2.13. The van der Waals surface area contributed by atoms with Crippen LogP contribution in [0.2, 0.25) is 0 Å². The predicted octanol–water partition coefficient (Wildman–Crippen LogP) is 2.20. The van der Waals surface area contributed by atoms with Crippen molar-refractivity contribution in [2.45, 2.75) is 19.9 Å². The van der Waals surface area contributed by atoms with Crippen LogP contribution in [0.25, 0.3) is 0 Å². The molecule has 0 aliphatic heterocycles. The topological polar surface area (TPSA) is 47.7 Å². The highest BCUT2D eigenvalue weighted by molar-refractivity contribution is 5.20. The van der Waals surface area contributed by atoms with E-state index in [0.717, 1.165) is 18.7 Å². The molecule has 1 aromatic rings. The minimum Gasteiger partial charge on any atom is -0.380 e. The number of nitrogens with zero attached hydrogens (tertiary/aromatic N) is 1. The van der Waals surface area contributed by atoms with Gasteiger partial charge >= 0.3 is 0 Å². The van der Waals surface area contributed by atoms with Gasteiger partial charge in [0.25, 0.3) is 0 Å². The number of benzene rings is 1. The number of hydrogen-bond donors (Lipinski definition) is 1. The maximum Gasteiger partial charge on any atom is 0.123 e. The lowest BCUT2D eigenvalue weighted by Gasteiger charge is -2.25. The van der Waals surface area contributed by atoms with Crippen LogP contribution in [-0.2, 0) is 9.47 Å². The third-order valence-corrected chi connectivity index (χ3v) is 3.24. The molecular formula is C16H27FN2O2.